The van der Waals surface area contributed by atoms with E-state index >= 15 is 0 Å². The Kier molecular flexibility index (Phi) is 5.66. The zero-order chi connectivity index (χ0) is 16.2. The van der Waals surface area contributed by atoms with Gasteiger partial charge in [0, 0.05) is 31.1 Å². The van der Waals surface area contributed by atoms with Crippen molar-refractivity contribution in [2.45, 2.75) is 12.6 Å². The van der Waals surface area contributed by atoms with Crippen molar-refractivity contribution in [3.05, 3.63) is 28.8 Å². The first-order valence-corrected chi connectivity index (χ1v) is 7.21. The third-order valence-corrected chi connectivity index (χ3v) is 3.55. The van der Waals surface area contributed by atoms with Crippen LogP contribution in [0, 0.1) is 0 Å². The van der Waals surface area contributed by atoms with Gasteiger partial charge < -0.3 is 10.1 Å². The Balaban J connectivity index is 1.96. The van der Waals surface area contributed by atoms with E-state index in [4.69, 9.17) is 16.3 Å². The Morgan fingerprint density at radius 3 is 2.64 bits per heavy atom. The van der Waals surface area contributed by atoms with Crippen LogP contribution in [0.4, 0.5) is 18.9 Å². The van der Waals surface area contributed by atoms with E-state index in [1.165, 1.54) is 6.07 Å². The van der Waals surface area contributed by atoms with E-state index in [0.29, 0.717) is 19.8 Å². The molecule has 0 radical (unpaired) electrons. The summed E-state index contributed by atoms with van der Waals surface area (Å²) in [4.78, 5) is 13.9. The lowest BCUT2D eigenvalue weighted by Crippen LogP contribution is -2.38. The molecule has 0 saturated carbocycles. The van der Waals surface area contributed by atoms with Crippen molar-refractivity contribution in [2.75, 3.05) is 38.2 Å². The van der Waals surface area contributed by atoms with Crippen LogP contribution in [0.3, 0.4) is 0 Å². The van der Waals surface area contributed by atoms with Gasteiger partial charge in [0.1, 0.15) is 0 Å². The van der Waals surface area contributed by atoms with E-state index in [2.05, 4.69) is 5.32 Å². The molecule has 0 bridgehead atoms. The number of hydrogen-bond acceptors (Lipinski definition) is 3. The summed E-state index contributed by atoms with van der Waals surface area (Å²) < 4.78 is 44.0. The van der Waals surface area contributed by atoms with Gasteiger partial charge in [-0.05, 0) is 18.2 Å². The van der Waals surface area contributed by atoms with Crippen LogP contribution < -0.4 is 5.32 Å². The molecule has 1 aromatic rings. The highest BCUT2D eigenvalue weighted by molar-refractivity contribution is 6.30. The summed E-state index contributed by atoms with van der Waals surface area (Å²) in [6.45, 7) is 3.15. The minimum atomic E-state index is -4.57. The molecular formula is C14H16ClF3N2O2. The molecule has 0 unspecified atom stereocenters. The van der Waals surface area contributed by atoms with E-state index in [-0.39, 0.29) is 17.1 Å². The Morgan fingerprint density at radius 1 is 1.32 bits per heavy atom. The highest BCUT2D eigenvalue weighted by atomic mass is 35.5. The summed E-state index contributed by atoms with van der Waals surface area (Å²) in [5.74, 6) is -0.459. The van der Waals surface area contributed by atoms with Gasteiger partial charge in [-0.2, -0.15) is 13.2 Å². The van der Waals surface area contributed by atoms with Crippen molar-refractivity contribution in [1.29, 1.82) is 0 Å². The standard InChI is InChI=1S/C14H16ClF3N2O2/c15-10-1-2-12(11(9-10)14(16,17)18)19-13(21)3-4-20-5-7-22-8-6-20/h1-2,9H,3-8H2,(H,19,21). The van der Waals surface area contributed by atoms with Gasteiger partial charge in [-0.15, -0.1) is 0 Å². The predicted molar refractivity (Wildman–Crippen MR) is 77.0 cm³/mol. The molecule has 1 aliphatic heterocycles. The summed E-state index contributed by atoms with van der Waals surface area (Å²) >= 11 is 5.59. The summed E-state index contributed by atoms with van der Waals surface area (Å²) in [6.07, 6.45) is -4.45. The van der Waals surface area contributed by atoms with E-state index in [9.17, 15) is 18.0 Å². The van der Waals surface area contributed by atoms with Crippen molar-refractivity contribution in [3.63, 3.8) is 0 Å². The van der Waals surface area contributed by atoms with Gasteiger partial charge in [0.15, 0.2) is 0 Å². The minimum absolute atomic E-state index is 0.0290. The number of anilines is 1. The molecule has 22 heavy (non-hydrogen) atoms. The zero-order valence-corrected chi connectivity index (χ0v) is 12.5. The predicted octanol–water partition coefficient (Wildman–Crippen LogP) is 3.02. The number of ether oxygens (including phenoxy) is 1. The van der Waals surface area contributed by atoms with Gasteiger partial charge in [-0.1, -0.05) is 11.6 Å². The molecule has 0 atom stereocenters. The highest BCUT2D eigenvalue weighted by Crippen LogP contribution is 2.36. The third kappa shape index (κ3) is 4.86. The van der Waals surface area contributed by atoms with Gasteiger partial charge in [-0.25, -0.2) is 0 Å². The van der Waals surface area contributed by atoms with Crippen LogP contribution in [-0.4, -0.2) is 43.7 Å². The molecule has 122 valence electrons. The second-order valence-electron chi connectivity index (χ2n) is 4.94. The van der Waals surface area contributed by atoms with Crippen molar-refractivity contribution in [1.82, 2.24) is 4.90 Å². The average Bonchev–Trinajstić information content (AvgIpc) is 2.47. The van der Waals surface area contributed by atoms with Crippen LogP contribution in [0.15, 0.2) is 18.2 Å². The summed E-state index contributed by atoms with van der Waals surface area (Å²) in [5, 5.41) is 2.28. The molecule has 1 aromatic carbocycles. The van der Waals surface area contributed by atoms with Gasteiger partial charge in [0.05, 0.1) is 24.5 Å². The maximum Gasteiger partial charge on any atom is 0.418 e. The fraction of sp³-hybridized carbons (Fsp3) is 0.500. The van der Waals surface area contributed by atoms with Gasteiger partial charge in [0.2, 0.25) is 5.91 Å². The average molecular weight is 337 g/mol. The SMILES string of the molecule is O=C(CCN1CCOCC1)Nc1ccc(Cl)cc1C(F)(F)F. The van der Waals surface area contributed by atoms with Crippen molar-refractivity contribution in [2.24, 2.45) is 0 Å². The lowest BCUT2D eigenvalue weighted by atomic mass is 10.1. The first kappa shape index (κ1) is 17.1. The number of nitrogens with zero attached hydrogens (tertiary/aromatic N) is 1. The Labute approximate surface area is 131 Å². The first-order valence-electron chi connectivity index (χ1n) is 6.83. The molecule has 0 spiro atoms. The Hall–Kier alpha value is -1.31. The number of carbonyl (C=O) groups excluding carboxylic acids is 1. The monoisotopic (exact) mass is 336 g/mol. The number of alkyl halides is 3. The normalized spacial score (nSPS) is 16.5. The molecule has 1 fully saturated rings. The Morgan fingerprint density at radius 2 is 2.00 bits per heavy atom. The lowest BCUT2D eigenvalue weighted by Gasteiger charge is -2.26. The molecule has 1 heterocycles. The van der Waals surface area contributed by atoms with Crippen LogP contribution in [0.5, 0.6) is 0 Å². The maximum absolute atomic E-state index is 12.9. The minimum Gasteiger partial charge on any atom is -0.379 e. The van der Waals surface area contributed by atoms with Crippen molar-refractivity contribution < 1.29 is 22.7 Å². The molecule has 2 rings (SSSR count). The summed E-state index contributed by atoms with van der Waals surface area (Å²) in [7, 11) is 0. The smallest absolute Gasteiger partial charge is 0.379 e. The lowest BCUT2D eigenvalue weighted by molar-refractivity contribution is -0.137. The fourth-order valence-electron chi connectivity index (χ4n) is 2.16. The van der Waals surface area contributed by atoms with E-state index in [1.807, 2.05) is 4.90 Å². The molecule has 8 heteroatoms. The molecule has 1 aliphatic rings. The maximum atomic E-state index is 12.9. The van der Waals surface area contributed by atoms with Crippen molar-refractivity contribution >= 4 is 23.2 Å². The van der Waals surface area contributed by atoms with E-state index in [0.717, 1.165) is 25.2 Å². The fourth-order valence-corrected chi connectivity index (χ4v) is 2.33. The molecule has 1 N–H and O–H groups in total. The Bertz CT molecular complexity index is 531. The topological polar surface area (TPSA) is 41.6 Å². The van der Waals surface area contributed by atoms with Crippen LogP contribution in [0.25, 0.3) is 0 Å². The number of carbonyl (C=O) groups is 1. The van der Waals surface area contributed by atoms with Crippen LogP contribution >= 0.6 is 11.6 Å². The quantitative estimate of drug-likeness (QED) is 0.919. The largest absolute Gasteiger partial charge is 0.418 e. The van der Waals surface area contributed by atoms with E-state index in [1.54, 1.807) is 0 Å². The number of hydrogen-bond donors (Lipinski definition) is 1. The number of halogens is 4. The molecular weight excluding hydrogens is 321 g/mol. The van der Waals surface area contributed by atoms with Crippen molar-refractivity contribution in [3.8, 4) is 0 Å². The van der Waals surface area contributed by atoms with Gasteiger partial charge >= 0.3 is 6.18 Å². The molecule has 0 aromatic heterocycles. The number of nitrogens with one attached hydrogen (secondary N) is 1. The number of amides is 1. The van der Waals surface area contributed by atoms with Gasteiger partial charge in [0.25, 0.3) is 0 Å². The number of rotatable bonds is 4. The number of morpholine rings is 1. The molecule has 1 saturated heterocycles. The molecule has 4 nitrogen and oxygen atoms in total. The van der Waals surface area contributed by atoms with E-state index < -0.39 is 17.6 Å². The molecule has 0 aliphatic carbocycles. The van der Waals surface area contributed by atoms with Crippen LogP contribution in [0.2, 0.25) is 5.02 Å². The van der Waals surface area contributed by atoms with Crippen LogP contribution in [0.1, 0.15) is 12.0 Å². The number of benzene rings is 1. The third-order valence-electron chi connectivity index (χ3n) is 3.32. The zero-order valence-electron chi connectivity index (χ0n) is 11.8. The summed E-state index contributed by atoms with van der Waals surface area (Å²) in [6, 6.07) is 3.28. The molecule has 1 amide bonds. The second-order valence-corrected chi connectivity index (χ2v) is 5.38. The van der Waals surface area contributed by atoms with Gasteiger partial charge in [-0.3, -0.25) is 9.69 Å². The highest BCUT2D eigenvalue weighted by Gasteiger charge is 2.34. The summed E-state index contributed by atoms with van der Waals surface area (Å²) in [5.41, 5.74) is -1.22. The second kappa shape index (κ2) is 7.30. The van der Waals surface area contributed by atoms with Crippen LogP contribution in [-0.2, 0) is 15.7 Å². The first-order chi connectivity index (χ1) is 10.4.